The molecule has 0 saturated heterocycles. The van der Waals surface area contributed by atoms with Crippen LogP contribution in [0.25, 0.3) is 0 Å². The predicted molar refractivity (Wildman–Crippen MR) is 85.7 cm³/mol. The Bertz CT molecular complexity index is 592. The van der Waals surface area contributed by atoms with Crippen LogP contribution in [-0.4, -0.2) is 12.2 Å². The second-order valence-electron chi connectivity index (χ2n) is 5.33. The van der Waals surface area contributed by atoms with E-state index < -0.39 is 6.10 Å². The molecule has 0 fully saturated rings. The molecule has 0 heterocycles. The van der Waals surface area contributed by atoms with E-state index in [1.807, 2.05) is 25.1 Å². The van der Waals surface area contributed by atoms with Crippen LogP contribution in [-0.2, 0) is 0 Å². The van der Waals surface area contributed by atoms with Crippen molar-refractivity contribution in [1.29, 1.82) is 0 Å². The number of aryl methyl sites for hydroxylation is 2. The normalized spacial score (nSPS) is 12.2. The molecule has 0 aliphatic heterocycles. The summed E-state index contributed by atoms with van der Waals surface area (Å²) in [6.07, 6.45) is 0.303. The standard InChI is InChI=1S/C18H23NO/c1-5-18(20)15-8-6-7-9-17(15)19(4)16-11-10-13(2)12-14(16)3/h6-12,18,20H,5H2,1-4H3. The largest absolute Gasteiger partial charge is 0.388 e. The minimum Gasteiger partial charge on any atom is -0.388 e. The van der Waals surface area contributed by atoms with Crippen LogP contribution in [0.4, 0.5) is 11.4 Å². The molecule has 2 heteroatoms. The SMILES string of the molecule is CCC(O)c1ccccc1N(C)c1ccc(C)cc1C. The summed E-state index contributed by atoms with van der Waals surface area (Å²) in [5.41, 5.74) is 5.73. The summed E-state index contributed by atoms with van der Waals surface area (Å²) in [6.45, 7) is 6.22. The van der Waals surface area contributed by atoms with Crippen LogP contribution in [0.2, 0.25) is 0 Å². The Morgan fingerprint density at radius 3 is 2.40 bits per heavy atom. The van der Waals surface area contributed by atoms with Gasteiger partial charge in [0, 0.05) is 24.0 Å². The molecule has 106 valence electrons. The number of para-hydroxylation sites is 1. The predicted octanol–water partition coefficient (Wildman–Crippen LogP) is 4.51. The van der Waals surface area contributed by atoms with Crippen LogP contribution in [0.3, 0.4) is 0 Å². The van der Waals surface area contributed by atoms with Gasteiger partial charge in [-0.1, -0.05) is 42.8 Å². The first-order chi connectivity index (χ1) is 9.54. The fourth-order valence-corrected chi connectivity index (χ4v) is 2.61. The maximum absolute atomic E-state index is 10.2. The van der Waals surface area contributed by atoms with Crippen molar-refractivity contribution in [2.45, 2.75) is 33.3 Å². The molecule has 1 atom stereocenters. The van der Waals surface area contributed by atoms with Crippen molar-refractivity contribution in [3.8, 4) is 0 Å². The summed E-state index contributed by atoms with van der Waals surface area (Å²) in [6, 6.07) is 14.5. The number of hydrogen-bond donors (Lipinski definition) is 1. The van der Waals surface area contributed by atoms with Gasteiger partial charge >= 0.3 is 0 Å². The van der Waals surface area contributed by atoms with Crippen LogP contribution in [0.15, 0.2) is 42.5 Å². The quantitative estimate of drug-likeness (QED) is 0.882. The van der Waals surface area contributed by atoms with Crippen molar-refractivity contribution in [2.75, 3.05) is 11.9 Å². The van der Waals surface area contributed by atoms with Gasteiger partial charge < -0.3 is 10.0 Å². The first-order valence-corrected chi connectivity index (χ1v) is 7.12. The fraction of sp³-hybridized carbons (Fsp3) is 0.333. The molecule has 0 saturated carbocycles. The van der Waals surface area contributed by atoms with Crippen molar-refractivity contribution in [1.82, 2.24) is 0 Å². The maximum Gasteiger partial charge on any atom is 0.0807 e. The van der Waals surface area contributed by atoms with Crippen LogP contribution in [0.5, 0.6) is 0 Å². The first kappa shape index (κ1) is 14.6. The van der Waals surface area contributed by atoms with Gasteiger partial charge in [0.1, 0.15) is 0 Å². The Balaban J connectivity index is 2.45. The van der Waals surface area contributed by atoms with Crippen LogP contribution in [0, 0.1) is 13.8 Å². The second kappa shape index (κ2) is 6.10. The topological polar surface area (TPSA) is 23.5 Å². The van der Waals surface area contributed by atoms with Crippen LogP contribution in [0.1, 0.15) is 36.1 Å². The molecular formula is C18H23NO. The fourth-order valence-electron chi connectivity index (χ4n) is 2.61. The van der Waals surface area contributed by atoms with E-state index in [1.165, 1.54) is 16.8 Å². The third-order valence-electron chi connectivity index (χ3n) is 3.76. The van der Waals surface area contributed by atoms with Gasteiger partial charge in [0.2, 0.25) is 0 Å². The number of hydrogen-bond acceptors (Lipinski definition) is 2. The molecule has 0 amide bonds. The molecule has 0 aliphatic carbocycles. The number of nitrogens with zero attached hydrogens (tertiary/aromatic N) is 1. The molecule has 0 aliphatic rings. The summed E-state index contributed by atoms with van der Waals surface area (Å²) < 4.78 is 0. The molecule has 1 unspecified atom stereocenters. The molecule has 0 spiro atoms. The van der Waals surface area contributed by atoms with Gasteiger partial charge in [0.25, 0.3) is 0 Å². The highest BCUT2D eigenvalue weighted by Crippen LogP contribution is 2.33. The number of rotatable bonds is 4. The van der Waals surface area contributed by atoms with Crippen molar-refractivity contribution >= 4 is 11.4 Å². The van der Waals surface area contributed by atoms with Gasteiger partial charge in [-0.15, -0.1) is 0 Å². The second-order valence-corrected chi connectivity index (χ2v) is 5.33. The third kappa shape index (κ3) is 2.86. The van der Waals surface area contributed by atoms with Crippen molar-refractivity contribution in [3.05, 3.63) is 59.2 Å². The number of aliphatic hydroxyl groups excluding tert-OH is 1. The molecule has 0 radical (unpaired) electrons. The summed E-state index contributed by atoms with van der Waals surface area (Å²) >= 11 is 0. The molecule has 2 aromatic rings. The Hall–Kier alpha value is -1.80. The Morgan fingerprint density at radius 1 is 1.05 bits per heavy atom. The van der Waals surface area contributed by atoms with Crippen LogP contribution >= 0.6 is 0 Å². The first-order valence-electron chi connectivity index (χ1n) is 7.12. The number of aliphatic hydroxyl groups is 1. The lowest BCUT2D eigenvalue weighted by Gasteiger charge is -2.26. The van der Waals surface area contributed by atoms with E-state index in [1.54, 1.807) is 0 Å². The summed E-state index contributed by atoms with van der Waals surface area (Å²) in [4.78, 5) is 2.16. The van der Waals surface area contributed by atoms with Crippen LogP contribution < -0.4 is 4.90 Å². The van der Waals surface area contributed by atoms with E-state index >= 15 is 0 Å². The van der Waals surface area contributed by atoms with Gasteiger partial charge in [-0.25, -0.2) is 0 Å². The Morgan fingerprint density at radius 2 is 1.75 bits per heavy atom. The maximum atomic E-state index is 10.2. The van der Waals surface area contributed by atoms with E-state index in [2.05, 4.69) is 50.1 Å². The van der Waals surface area contributed by atoms with Crippen molar-refractivity contribution in [3.63, 3.8) is 0 Å². The lowest BCUT2D eigenvalue weighted by atomic mass is 10.0. The summed E-state index contributed by atoms with van der Waals surface area (Å²) in [5, 5.41) is 10.2. The molecule has 0 aromatic heterocycles. The minimum atomic E-state index is -0.417. The molecule has 2 nitrogen and oxygen atoms in total. The Labute approximate surface area is 121 Å². The van der Waals surface area contributed by atoms with E-state index in [0.29, 0.717) is 0 Å². The van der Waals surface area contributed by atoms with Gasteiger partial charge in [-0.05, 0) is 38.0 Å². The van der Waals surface area contributed by atoms with Crippen molar-refractivity contribution < 1.29 is 5.11 Å². The van der Waals surface area contributed by atoms with Gasteiger partial charge in [0.05, 0.1) is 6.10 Å². The minimum absolute atomic E-state index is 0.417. The third-order valence-corrected chi connectivity index (χ3v) is 3.76. The van der Waals surface area contributed by atoms with Gasteiger partial charge in [0.15, 0.2) is 0 Å². The average Bonchev–Trinajstić information content (AvgIpc) is 2.46. The number of benzene rings is 2. The van der Waals surface area contributed by atoms with E-state index in [9.17, 15) is 5.11 Å². The zero-order chi connectivity index (χ0) is 14.7. The summed E-state index contributed by atoms with van der Waals surface area (Å²) in [7, 11) is 2.05. The molecule has 2 aromatic carbocycles. The van der Waals surface area contributed by atoms with E-state index in [4.69, 9.17) is 0 Å². The molecule has 0 bridgehead atoms. The lowest BCUT2D eigenvalue weighted by molar-refractivity contribution is 0.174. The summed E-state index contributed by atoms with van der Waals surface area (Å²) in [5.74, 6) is 0. The zero-order valence-corrected chi connectivity index (χ0v) is 12.7. The van der Waals surface area contributed by atoms with E-state index in [0.717, 1.165) is 17.7 Å². The molecule has 20 heavy (non-hydrogen) atoms. The highest BCUT2D eigenvalue weighted by Gasteiger charge is 2.15. The lowest BCUT2D eigenvalue weighted by Crippen LogP contribution is -2.14. The highest BCUT2D eigenvalue weighted by atomic mass is 16.3. The smallest absolute Gasteiger partial charge is 0.0807 e. The highest BCUT2D eigenvalue weighted by molar-refractivity contribution is 5.69. The van der Waals surface area contributed by atoms with Gasteiger partial charge in [-0.2, -0.15) is 0 Å². The van der Waals surface area contributed by atoms with Gasteiger partial charge in [-0.3, -0.25) is 0 Å². The van der Waals surface area contributed by atoms with Crippen molar-refractivity contribution in [2.24, 2.45) is 0 Å². The monoisotopic (exact) mass is 269 g/mol. The number of anilines is 2. The zero-order valence-electron chi connectivity index (χ0n) is 12.7. The molecule has 1 N–H and O–H groups in total. The molecular weight excluding hydrogens is 246 g/mol. The molecule has 2 rings (SSSR count). The average molecular weight is 269 g/mol. The van der Waals surface area contributed by atoms with E-state index in [-0.39, 0.29) is 0 Å². The Kier molecular flexibility index (Phi) is 4.46.